The summed E-state index contributed by atoms with van der Waals surface area (Å²) in [6.45, 7) is 4.79. The van der Waals surface area contributed by atoms with Crippen molar-refractivity contribution in [3.63, 3.8) is 0 Å². The molecule has 0 heterocycles. The Balaban J connectivity index is 2.82. The van der Waals surface area contributed by atoms with Gasteiger partial charge in [-0.25, -0.2) is 0 Å². The Labute approximate surface area is 127 Å². The third kappa shape index (κ3) is 4.74. The number of carbonyl (C=O) groups excluding carboxylic acids is 1. The van der Waals surface area contributed by atoms with E-state index in [1.165, 1.54) is 0 Å². The summed E-state index contributed by atoms with van der Waals surface area (Å²) in [6.07, 6.45) is 0.872. The zero-order valence-electron chi connectivity index (χ0n) is 11.5. The van der Waals surface area contributed by atoms with Gasteiger partial charge in [-0.05, 0) is 35.3 Å². The Bertz CT molecular complexity index is 512. The highest BCUT2D eigenvalue weighted by Gasteiger charge is 2.13. The lowest BCUT2D eigenvalue weighted by Crippen LogP contribution is -2.29. The van der Waals surface area contributed by atoms with Crippen LogP contribution in [0.5, 0.6) is 11.5 Å². The number of nitrogens with one attached hydrogen (secondary N) is 1. The number of ether oxygens (including phenoxy) is 2. The quantitative estimate of drug-likeness (QED) is 0.828. The lowest BCUT2D eigenvalue weighted by Gasteiger charge is -2.13. The first-order valence-electron chi connectivity index (χ1n) is 6.38. The van der Waals surface area contributed by atoms with E-state index >= 15 is 0 Å². The predicted molar refractivity (Wildman–Crippen MR) is 78.8 cm³/mol. The molecule has 0 aromatic heterocycles. The van der Waals surface area contributed by atoms with Crippen molar-refractivity contribution in [1.82, 2.24) is 5.32 Å². The maximum atomic E-state index is 11.5. The molecule has 0 aliphatic heterocycles. The molecular formula is C14H17BrN2O3. The fourth-order valence-corrected chi connectivity index (χ4v) is 2.05. The second-order valence-corrected chi connectivity index (χ2v) is 4.82. The number of nitrogens with zero attached hydrogens (tertiary/aromatic N) is 1. The largest absolute Gasteiger partial charge is 0.490 e. The molecule has 6 heteroatoms. The van der Waals surface area contributed by atoms with Crippen molar-refractivity contribution < 1.29 is 14.3 Å². The number of halogens is 1. The third-order valence-electron chi connectivity index (χ3n) is 2.36. The van der Waals surface area contributed by atoms with Crippen molar-refractivity contribution in [3.8, 4) is 17.6 Å². The van der Waals surface area contributed by atoms with E-state index in [1.807, 2.05) is 19.9 Å². The monoisotopic (exact) mass is 340 g/mol. The molecule has 0 saturated heterocycles. The van der Waals surface area contributed by atoms with Crippen LogP contribution < -0.4 is 14.8 Å². The zero-order valence-corrected chi connectivity index (χ0v) is 13.1. The molecule has 20 heavy (non-hydrogen) atoms. The molecule has 0 fully saturated rings. The number of rotatable bonds is 7. The van der Waals surface area contributed by atoms with E-state index in [1.54, 1.807) is 12.1 Å². The van der Waals surface area contributed by atoms with Crippen molar-refractivity contribution in [2.24, 2.45) is 0 Å². The Morgan fingerprint density at radius 1 is 1.40 bits per heavy atom. The molecule has 5 nitrogen and oxygen atoms in total. The average Bonchev–Trinajstić information content (AvgIpc) is 2.44. The lowest BCUT2D eigenvalue weighted by molar-refractivity contribution is -0.123. The molecular weight excluding hydrogens is 324 g/mol. The van der Waals surface area contributed by atoms with Crippen LogP contribution in [0.25, 0.3) is 0 Å². The van der Waals surface area contributed by atoms with Crippen LogP contribution in [0.4, 0.5) is 0 Å². The minimum atomic E-state index is -0.189. The normalized spacial score (nSPS) is 9.70. The number of benzene rings is 1. The Hall–Kier alpha value is -1.74. The molecule has 1 amide bonds. The van der Waals surface area contributed by atoms with E-state index in [0.29, 0.717) is 34.7 Å². The van der Waals surface area contributed by atoms with Gasteiger partial charge in [-0.1, -0.05) is 6.92 Å². The molecule has 0 spiro atoms. The van der Waals surface area contributed by atoms with Gasteiger partial charge in [0.15, 0.2) is 18.1 Å². The fraction of sp³-hybridized carbons (Fsp3) is 0.429. The molecule has 1 N–H and O–H groups in total. The van der Waals surface area contributed by atoms with Crippen molar-refractivity contribution in [3.05, 3.63) is 22.2 Å². The summed E-state index contributed by atoms with van der Waals surface area (Å²) in [4.78, 5) is 11.5. The van der Waals surface area contributed by atoms with Gasteiger partial charge in [0.05, 0.1) is 22.7 Å². The van der Waals surface area contributed by atoms with Gasteiger partial charge in [-0.3, -0.25) is 4.79 Å². The molecule has 0 aliphatic carbocycles. The zero-order chi connectivity index (χ0) is 15.0. The summed E-state index contributed by atoms with van der Waals surface area (Å²) in [5.41, 5.74) is 0.461. The molecule has 108 valence electrons. The SMILES string of the molecule is CCCNC(=O)COc1c(Br)cc(C#N)cc1OCC. The second-order valence-electron chi connectivity index (χ2n) is 3.97. The van der Waals surface area contributed by atoms with E-state index in [0.717, 1.165) is 6.42 Å². The summed E-state index contributed by atoms with van der Waals surface area (Å²) >= 11 is 3.32. The van der Waals surface area contributed by atoms with Gasteiger partial charge in [0.25, 0.3) is 5.91 Å². The van der Waals surface area contributed by atoms with E-state index < -0.39 is 0 Å². The maximum absolute atomic E-state index is 11.5. The van der Waals surface area contributed by atoms with Gasteiger partial charge >= 0.3 is 0 Å². The Morgan fingerprint density at radius 2 is 2.15 bits per heavy atom. The minimum Gasteiger partial charge on any atom is -0.490 e. The predicted octanol–water partition coefficient (Wildman–Crippen LogP) is 2.62. The highest BCUT2D eigenvalue weighted by Crippen LogP contribution is 2.36. The third-order valence-corrected chi connectivity index (χ3v) is 2.95. The van der Waals surface area contributed by atoms with Crippen molar-refractivity contribution >= 4 is 21.8 Å². The smallest absolute Gasteiger partial charge is 0.257 e. The molecule has 1 aromatic rings. The summed E-state index contributed by atoms with van der Waals surface area (Å²) in [7, 11) is 0. The van der Waals surface area contributed by atoms with Crippen LogP contribution in [0.2, 0.25) is 0 Å². The van der Waals surface area contributed by atoms with Crippen molar-refractivity contribution in [1.29, 1.82) is 5.26 Å². The number of carbonyl (C=O) groups is 1. The van der Waals surface area contributed by atoms with Crippen LogP contribution in [0, 0.1) is 11.3 Å². The summed E-state index contributed by atoms with van der Waals surface area (Å²) in [6, 6.07) is 5.26. The first-order valence-corrected chi connectivity index (χ1v) is 7.17. The van der Waals surface area contributed by atoms with Crippen molar-refractivity contribution in [2.45, 2.75) is 20.3 Å². The van der Waals surface area contributed by atoms with Crippen LogP contribution in [0.3, 0.4) is 0 Å². The summed E-state index contributed by atoms with van der Waals surface area (Å²) in [5, 5.41) is 11.7. The number of amides is 1. The Kier molecular flexibility index (Phi) is 6.88. The first kappa shape index (κ1) is 16.3. The first-order chi connectivity index (χ1) is 9.62. The molecule has 1 aromatic carbocycles. The standard InChI is InChI=1S/C14H17BrN2O3/c1-3-5-17-13(18)9-20-14-11(15)6-10(8-16)7-12(14)19-4-2/h6-7H,3-5,9H2,1-2H3,(H,17,18). The van der Waals surface area contributed by atoms with Gasteiger partial charge in [0.2, 0.25) is 0 Å². The molecule has 1 rings (SSSR count). The molecule has 0 bridgehead atoms. The molecule has 0 saturated carbocycles. The van der Waals surface area contributed by atoms with Crippen LogP contribution in [-0.2, 0) is 4.79 Å². The van der Waals surface area contributed by atoms with Crippen LogP contribution in [0.15, 0.2) is 16.6 Å². The van der Waals surface area contributed by atoms with Gasteiger partial charge in [0, 0.05) is 12.6 Å². The van der Waals surface area contributed by atoms with E-state index in [-0.39, 0.29) is 12.5 Å². The number of hydrogen-bond acceptors (Lipinski definition) is 4. The van der Waals surface area contributed by atoms with Crippen LogP contribution in [-0.4, -0.2) is 25.7 Å². The van der Waals surface area contributed by atoms with E-state index in [2.05, 4.69) is 21.2 Å². The van der Waals surface area contributed by atoms with E-state index in [9.17, 15) is 4.79 Å². The van der Waals surface area contributed by atoms with Gasteiger partial charge in [0.1, 0.15) is 0 Å². The average molecular weight is 341 g/mol. The second kappa shape index (κ2) is 8.43. The molecule has 0 unspecified atom stereocenters. The summed E-state index contributed by atoms with van der Waals surface area (Å²) < 4.78 is 11.5. The molecule has 0 atom stereocenters. The minimum absolute atomic E-state index is 0.0927. The van der Waals surface area contributed by atoms with Crippen molar-refractivity contribution in [2.75, 3.05) is 19.8 Å². The maximum Gasteiger partial charge on any atom is 0.257 e. The van der Waals surface area contributed by atoms with Crippen LogP contribution in [0.1, 0.15) is 25.8 Å². The fourth-order valence-electron chi connectivity index (χ4n) is 1.49. The lowest BCUT2D eigenvalue weighted by atomic mass is 10.2. The topological polar surface area (TPSA) is 71.3 Å². The highest BCUT2D eigenvalue weighted by molar-refractivity contribution is 9.10. The number of nitriles is 1. The highest BCUT2D eigenvalue weighted by atomic mass is 79.9. The van der Waals surface area contributed by atoms with E-state index in [4.69, 9.17) is 14.7 Å². The molecule has 0 aliphatic rings. The van der Waals surface area contributed by atoms with Crippen LogP contribution >= 0.6 is 15.9 Å². The van der Waals surface area contributed by atoms with Gasteiger partial charge < -0.3 is 14.8 Å². The number of hydrogen-bond donors (Lipinski definition) is 1. The van der Waals surface area contributed by atoms with Gasteiger partial charge in [-0.2, -0.15) is 5.26 Å². The summed E-state index contributed by atoms with van der Waals surface area (Å²) in [5.74, 6) is 0.685. The molecule has 0 radical (unpaired) electrons. The Morgan fingerprint density at radius 3 is 2.75 bits per heavy atom. The van der Waals surface area contributed by atoms with Gasteiger partial charge in [-0.15, -0.1) is 0 Å².